The number of rotatable bonds is 8. The third kappa shape index (κ3) is 8.14. The SMILES string of the molecule is CC(C)c1cc([Si](C)(C)c2ccccc2)cc(C(C)C)c1-n1c(-c2[c-]ccc3c2oc2cc(-c4ccccc4)ccc23)nc2ccccc21.[Ir].[c-]1ccccc1-c1ccccn1. The molecule has 0 saturated heterocycles. The summed E-state index contributed by atoms with van der Waals surface area (Å²) < 4.78 is 9.17. The van der Waals surface area contributed by atoms with Gasteiger partial charge in [0.15, 0.2) is 0 Å². The Morgan fingerprint density at radius 3 is 1.95 bits per heavy atom. The molecule has 0 aliphatic rings. The van der Waals surface area contributed by atoms with Crippen molar-refractivity contribution in [1.82, 2.24) is 14.5 Å². The van der Waals surface area contributed by atoms with Gasteiger partial charge >= 0.3 is 0 Å². The van der Waals surface area contributed by atoms with Crippen molar-refractivity contribution in [1.29, 1.82) is 0 Å². The van der Waals surface area contributed by atoms with Crippen molar-refractivity contribution in [2.75, 3.05) is 0 Å². The van der Waals surface area contributed by atoms with Gasteiger partial charge in [-0.3, -0.25) is 4.98 Å². The van der Waals surface area contributed by atoms with Crippen LogP contribution in [0.15, 0.2) is 180 Å². The summed E-state index contributed by atoms with van der Waals surface area (Å²) in [7, 11) is -1.98. The van der Waals surface area contributed by atoms with Crippen molar-refractivity contribution in [2.45, 2.75) is 52.6 Å². The number of fused-ring (bicyclic) bond motifs is 4. The van der Waals surface area contributed by atoms with Gasteiger partial charge in [-0.2, -0.15) is 0 Å². The number of benzene rings is 7. The maximum Gasteiger partial charge on any atom is 0.121 e. The second-order valence-electron chi connectivity index (χ2n) is 16.8. The second-order valence-corrected chi connectivity index (χ2v) is 21.2. The van der Waals surface area contributed by atoms with Crippen LogP contribution in [0.5, 0.6) is 0 Å². The van der Waals surface area contributed by atoms with Crippen LogP contribution in [0.25, 0.3) is 72.4 Å². The smallest absolute Gasteiger partial charge is 0.121 e. The average molecular weight is 1000 g/mol. The molecule has 0 atom stereocenters. The van der Waals surface area contributed by atoms with E-state index in [-0.39, 0.29) is 20.1 Å². The van der Waals surface area contributed by atoms with Crippen LogP contribution in [-0.2, 0) is 20.1 Å². The summed E-state index contributed by atoms with van der Waals surface area (Å²) in [6.45, 7) is 14.2. The van der Waals surface area contributed by atoms with Crippen LogP contribution < -0.4 is 10.4 Å². The van der Waals surface area contributed by atoms with Crippen LogP contribution in [0.4, 0.5) is 0 Å². The van der Waals surface area contributed by atoms with Crippen molar-refractivity contribution in [2.24, 2.45) is 0 Å². The van der Waals surface area contributed by atoms with Gasteiger partial charge in [0.2, 0.25) is 0 Å². The minimum absolute atomic E-state index is 0. The maximum absolute atomic E-state index is 6.78. The molecular weight excluding hydrogens is 951 g/mol. The van der Waals surface area contributed by atoms with Gasteiger partial charge in [-0.05, 0) is 64.0 Å². The number of para-hydroxylation sites is 2. The third-order valence-corrected chi connectivity index (χ3v) is 15.3. The van der Waals surface area contributed by atoms with Crippen molar-refractivity contribution in [3.8, 4) is 39.5 Å². The molecule has 0 aliphatic heterocycles. The van der Waals surface area contributed by atoms with Gasteiger partial charge in [0.1, 0.15) is 13.7 Å². The summed E-state index contributed by atoms with van der Waals surface area (Å²) in [5.41, 5.74) is 12.8. The summed E-state index contributed by atoms with van der Waals surface area (Å²) in [4.78, 5) is 9.56. The number of hydrogen-bond donors (Lipinski definition) is 0. The van der Waals surface area contributed by atoms with Crippen molar-refractivity contribution in [3.05, 3.63) is 199 Å². The molecule has 0 N–H and O–H groups in total. The molecule has 0 amide bonds. The predicted molar refractivity (Wildman–Crippen MR) is 258 cm³/mol. The Hall–Kier alpha value is -6.17. The van der Waals surface area contributed by atoms with E-state index in [1.165, 1.54) is 32.8 Å². The fourth-order valence-electron chi connectivity index (χ4n) is 8.41. The van der Waals surface area contributed by atoms with Gasteiger partial charge in [-0.1, -0.05) is 171 Å². The molecule has 4 nitrogen and oxygen atoms in total. The van der Waals surface area contributed by atoms with E-state index in [1.807, 2.05) is 54.6 Å². The van der Waals surface area contributed by atoms with E-state index in [0.717, 1.165) is 61.2 Å². The van der Waals surface area contributed by atoms with Crippen molar-refractivity contribution >= 4 is 51.4 Å². The Bertz CT molecular complexity index is 3040. The number of imidazole rings is 1. The van der Waals surface area contributed by atoms with E-state index in [0.29, 0.717) is 11.8 Å². The Labute approximate surface area is 379 Å². The molecule has 309 valence electrons. The zero-order valence-electron chi connectivity index (χ0n) is 36.0. The number of pyridine rings is 1. The third-order valence-electron chi connectivity index (χ3n) is 11.8. The minimum Gasteiger partial charge on any atom is -0.501 e. The molecule has 0 bridgehead atoms. The predicted octanol–water partition coefficient (Wildman–Crippen LogP) is 13.7. The summed E-state index contributed by atoms with van der Waals surface area (Å²) in [6.07, 6.45) is 1.79. The molecule has 1 radical (unpaired) electrons. The quantitative estimate of drug-likeness (QED) is 0.113. The molecular formula is C56H49IrN3OSi-2. The first-order valence-corrected chi connectivity index (χ1v) is 24.2. The van der Waals surface area contributed by atoms with Gasteiger partial charge in [0.05, 0.1) is 22.4 Å². The summed E-state index contributed by atoms with van der Waals surface area (Å²) in [5, 5.41) is 5.07. The molecule has 10 rings (SSSR count). The first-order valence-electron chi connectivity index (χ1n) is 21.2. The molecule has 3 heterocycles. The first-order chi connectivity index (χ1) is 29.7. The molecule has 0 unspecified atom stereocenters. The molecule has 10 aromatic rings. The molecule has 0 fully saturated rings. The Morgan fingerprint density at radius 1 is 0.597 bits per heavy atom. The van der Waals surface area contributed by atoms with Gasteiger partial charge in [-0.25, -0.2) is 0 Å². The minimum atomic E-state index is -1.98. The fourth-order valence-corrected chi connectivity index (χ4v) is 10.8. The van der Waals surface area contributed by atoms with E-state index in [4.69, 9.17) is 9.40 Å². The second kappa shape index (κ2) is 18.0. The number of furan rings is 1. The van der Waals surface area contributed by atoms with Crippen LogP contribution in [0.3, 0.4) is 0 Å². The molecule has 3 aromatic heterocycles. The zero-order chi connectivity index (χ0) is 42.1. The number of nitrogens with zero attached hydrogens (tertiary/aromatic N) is 3. The van der Waals surface area contributed by atoms with E-state index in [1.54, 1.807) is 6.20 Å². The van der Waals surface area contributed by atoms with Crippen molar-refractivity contribution in [3.63, 3.8) is 0 Å². The Balaban J connectivity index is 0.000000350. The fraction of sp³-hybridized carbons (Fsp3) is 0.143. The number of aromatic nitrogens is 3. The maximum atomic E-state index is 6.78. The molecule has 0 saturated carbocycles. The van der Waals surface area contributed by atoms with E-state index >= 15 is 0 Å². The van der Waals surface area contributed by atoms with Crippen molar-refractivity contribution < 1.29 is 24.5 Å². The summed E-state index contributed by atoms with van der Waals surface area (Å²) in [6, 6.07) is 66.1. The molecule has 0 aliphatic carbocycles. The standard InChI is InChI=1S/C45H41N2OSi.C11H8N.Ir/c1-29(2)38-27-34(49(5,6)33-18-11-8-12-19-33)28-39(30(3)4)43(38)47-41-23-14-13-22-40(41)46-45(47)37-21-15-20-36-35-25-24-32(26-42(35)48-44(36)37)31-16-9-7-10-17-31;1-2-6-10(7-3-1)11-8-4-5-9-12-11;/h7-20,22-30H,1-6H3;1-6,8-9H;/q2*-1;. The van der Waals surface area contributed by atoms with E-state index in [9.17, 15) is 0 Å². The van der Waals surface area contributed by atoms with Crippen LogP contribution in [0.1, 0.15) is 50.7 Å². The Morgan fingerprint density at radius 2 is 1.27 bits per heavy atom. The molecule has 0 spiro atoms. The van der Waals surface area contributed by atoms with Crippen LogP contribution in [0, 0.1) is 12.1 Å². The Kier molecular flexibility index (Phi) is 12.4. The van der Waals surface area contributed by atoms with E-state index in [2.05, 4.69) is 178 Å². The first kappa shape index (κ1) is 42.5. The number of hydrogen-bond acceptors (Lipinski definition) is 3. The zero-order valence-corrected chi connectivity index (χ0v) is 39.4. The van der Waals surface area contributed by atoms with Gasteiger partial charge in [0.25, 0.3) is 0 Å². The normalized spacial score (nSPS) is 11.5. The van der Waals surface area contributed by atoms with Crippen LogP contribution in [-0.4, -0.2) is 22.6 Å². The summed E-state index contributed by atoms with van der Waals surface area (Å²) in [5.74, 6) is 1.44. The van der Waals surface area contributed by atoms with Gasteiger partial charge in [0, 0.05) is 37.4 Å². The largest absolute Gasteiger partial charge is 0.501 e. The monoisotopic (exact) mass is 1000 g/mol. The molecule has 62 heavy (non-hydrogen) atoms. The summed E-state index contributed by atoms with van der Waals surface area (Å²) >= 11 is 0. The average Bonchev–Trinajstić information content (AvgIpc) is 3.88. The molecule has 6 heteroatoms. The van der Waals surface area contributed by atoms with E-state index < -0.39 is 8.07 Å². The van der Waals surface area contributed by atoms with Gasteiger partial charge in [-0.15, -0.1) is 54.1 Å². The molecule has 7 aromatic carbocycles. The van der Waals surface area contributed by atoms with Crippen LogP contribution in [0.2, 0.25) is 13.1 Å². The topological polar surface area (TPSA) is 43.9 Å². The van der Waals surface area contributed by atoms with Gasteiger partial charge < -0.3 is 14.0 Å². The van der Waals surface area contributed by atoms with Crippen LogP contribution >= 0.6 is 0 Å².